The van der Waals surface area contributed by atoms with Crippen molar-refractivity contribution in [1.82, 2.24) is 5.32 Å². The first kappa shape index (κ1) is 12.8. The molecule has 0 saturated heterocycles. The van der Waals surface area contributed by atoms with E-state index in [-0.39, 0.29) is 5.82 Å². The zero-order chi connectivity index (χ0) is 12.0. The maximum absolute atomic E-state index is 13.4. The van der Waals surface area contributed by atoms with Gasteiger partial charge in [0.1, 0.15) is 5.82 Å². The Kier molecular flexibility index (Phi) is 5.09. The third kappa shape index (κ3) is 4.09. The lowest BCUT2D eigenvalue weighted by atomic mass is 10.1. The van der Waals surface area contributed by atoms with Gasteiger partial charge in [0.15, 0.2) is 0 Å². The molecule has 1 atom stereocenters. The number of nitrogens with one attached hydrogen (secondary N) is 1. The van der Waals surface area contributed by atoms with Crippen LogP contribution in [0, 0.1) is 17.1 Å². The Balaban J connectivity index is 2.49. The third-order valence-corrected chi connectivity index (χ3v) is 2.84. The average molecular weight is 240 g/mol. The Hall–Kier alpha value is -1.25. The molecule has 3 nitrogen and oxygen atoms in total. The summed E-state index contributed by atoms with van der Waals surface area (Å²) >= 11 is 0. The fourth-order valence-corrected chi connectivity index (χ4v) is 1.63. The molecule has 1 rings (SSSR count). The highest BCUT2D eigenvalue weighted by atomic mass is 32.2. The van der Waals surface area contributed by atoms with Gasteiger partial charge in [-0.2, -0.15) is 5.26 Å². The normalized spacial score (nSPS) is 12.1. The average Bonchev–Trinajstić information content (AvgIpc) is 2.25. The molecule has 0 radical (unpaired) electrons. The van der Waals surface area contributed by atoms with Crippen molar-refractivity contribution >= 4 is 10.8 Å². The molecular weight excluding hydrogens is 227 g/mol. The van der Waals surface area contributed by atoms with Gasteiger partial charge in [-0.25, -0.2) is 4.39 Å². The number of hydrogen-bond donors (Lipinski definition) is 1. The predicted molar refractivity (Wildman–Crippen MR) is 61.8 cm³/mol. The van der Waals surface area contributed by atoms with Gasteiger partial charge in [0.2, 0.25) is 0 Å². The van der Waals surface area contributed by atoms with Crippen LogP contribution in [-0.2, 0) is 17.3 Å². The number of nitrogens with zero attached hydrogens (tertiary/aromatic N) is 1. The van der Waals surface area contributed by atoms with Crippen LogP contribution < -0.4 is 5.32 Å². The van der Waals surface area contributed by atoms with Crippen molar-refractivity contribution in [2.24, 2.45) is 0 Å². The van der Waals surface area contributed by atoms with Gasteiger partial charge in [0, 0.05) is 41.5 Å². The summed E-state index contributed by atoms with van der Waals surface area (Å²) in [6.45, 7) is 0.970. The van der Waals surface area contributed by atoms with Gasteiger partial charge >= 0.3 is 0 Å². The Bertz CT molecular complexity index is 428. The van der Waals surface area contributed by atoms with Gasteiger partial charge in [0.05, 0.1) is 11.6 Å². The van der Waals surface area contributed by atoms with Crippen LogP contribution in [-0.4, -0.2) is 22.8 Å². The number of halogens is 1. The molecule has 0 fully saturated rings. The minimum absolute atomic E-state index is 0.316. The molecule has 0 aliphatic rings. The molecule has 5 heteroatoms. The van der Waals surface area contributed by atoms with Gasteiger partial charge in [-0.05, 0) is 12.1 Å². The smallest absolute Gasteiger partial charge is 0.129 e. The fraction of sp³-hybridized carbons (Fsp3) is 0.364. The van der Waals surface area contributed by atoms with Gasteiger partial charge < -0.3 is 5.32 Å². The van der Waals surface area contributed by atoms with Crippen LogP contribution in [0.15, 0.2) is 18.2 Å². The number of benzene rings is 1. The number of nitriles is 1. The molecule has 1 aromatic carbocycles. The zero-order valence-corrected chi connectivity index (χ0v) is 9.81. The van der Waals surface area contributed by atoms with Crippen LogP contribution in [0.3, 0.4) is 0 Å². The molecule has 1 N–H and O–H groups in total. The lowest BCUT2D eigenvalue weighted by Gasteiger charge is -2.05. The summed E-state index contributed by atoms with van der Waals surface area (Å²) in [6.07, 6.45) is 1.63. The minimum Gasteiger partial charge on any atom is -0.312 e. The van der Waals surface area contributed by atoms with Crippen molar-refractivity contribution in [2.45, 2.75) is 6.54 Å². The van der Waals surface area contributed by atoms with E-state index in [4.69, 9.17) is 5.26 Å². The predicted octanol–water partition coefficient (Wildman–Crippen LogP) is 1.17. The molecule has 0 bridgehead atoms. The summed E-state index contributed by atoms with van der Waals surface area (Å²) in [5.74, 6) is 0.168. The fourth-order valence-electron chi connectivity index (χ4n) is 1.20. The maximum atomic E-state index is 13.4. The summed E-state index contributed by atoms with van der Waals surface area (Å²) in [7, 11) is -0.833. The second-order valence-electron chi connectivity index (χ2n) is 3.37. The van der Waals surface area contributed by atoms with Crippen LogP contribution >= 0.6 is 0 Å². The lowest BCUT2D eigenvalue weighted by Crippen LogP contribution is -2.20. The Labute approximate surface area is 96.7 Å². The number of hydrogen-bond acceptors (Lipinski definition) is 3. The third-order valence-electron chi connectivity index (χ3n) is 2.06. The molecule has 0 amide bonds. The molecule has 0 heterocycles. The SMILES string of the molecule is CS(=O)CCNCc1ccc(C#N)cc1F. The van der Waals surface area contributed by atoms with E-state index in [1.165, 1.54) is 6.07 Å². The van der Waals surface area contributed by atoms with Gasteiger partial charge in [-0.1, -0.05) is 6.07 Å². The molecule has 0 aromatic heterocycles. The quantitative estimate of drug-likeness (QED) is 0.786. The molecule has 16 heavy (non-hydrogen) atoms. The van der Waals surface area contributed by atoms with Gasteiger partial charge in [-0.15, -0.1) is 0 Å². The van der Waals surface area contributed by atoms with Crippen molar-refractivity contribution in [3.8, 4) is 6.07 Å². The first-order valence-electron chi connectivity index (χ1n) is 4.82. The molecule has 86 valence electrons. The highest BCUT2D eigenvalue weighted by Crippen LogP contribution is 2.09. The first-order chi connectivity index (χ1) is 7.63. The molecule has 0 spiro atoms. The molecule has 1 unspecified atom stereocenters. The Morgan fingerprint density at radius 2 is 2.31 bits per heavy atom. The van der Waals surface area contributed by atoms with Crippen LogP contribution in [0.1, 0.15) is 11.1 Å². The van der Waals surface area contributed by atoms with Crippen LogP contribution in [0.4, 0.5) is 4.39 Å². The van der Waals surface area contributed by atoms with E-state index < -0.39 is 10.8 Å². The van der Waals surface area contributed by atoms with E-state index in [1.807, 2.05) is 6.07 Å². The highest BCUT2D eigenvalue weighted by Gasteiger charge is 2.02. The second kappa shape index (κ2) is 6.36. The van der Waals surface area contributed by atoms with Crippen LogP contribution in [0.25, 0.3) is 0 Å². The van der Waals surface area contributed by atoms with Crippen molar-refractivity contribution in [3.63, 3.8) is 0 Å². The van der Waals surface area contributed by atoms with E-state index in [0.29, 0.717) is 30.0 Å². The van der Waals surface area contributed by atoms with E-state index in [2.05, 4.69) is 5.32 Å². The summed E-state index contributed by atoms with van der Waals surface area (Å²) in [4.78, 5) is 0. The van der Waals surface area contributed by atoms with Crippen LogP contribution in [0.2, 0.25) is 0 Å². The van der Waals surface area contributed by atoms with Crippen molar-refractivity contribution in [1.29, 1.82) is 5.26 Å². The highest BCUT2D eigenvalue weighted by molar-refractivity contribution is 7.84. The second-order valence-corrected chi connectivity index (χ2v) is 4.93. The first-order valence-corrected chi connectivity index (χ1v) is 6.55. The standard InChI is InChI=1S/C11H13FN2OS/c1-16(15)5-4-14-8-10-3-2-9(7-13)6-11(10)12/h2-3,6,14H,4-5,8H2,1H3. The maximum Gasteiger partial charge on any atom is 0.129 e. The summed E-state index contributed by atoms with van der Waals surface area (Å²) in [5.41, 5.74) is 0.830. The lowest BCUT2D eigenvalue weighted by molar-refractivity contribution is 0.593. The van der Waals surface area contributed by atoms with E-state index in [0.717, 1.165) is 0 Å². The zero-order valence-electron chi connectivity index (χ0n) is 9.00. The Morgan fingerprint density at radius 3 is 2.88 bits per heavy atom. The Morgan fingerprint density at radius 1 is 1.56 bits per heavy atom. The topological polar surface area (TPSA) is 52.9 Å². The minimum atomic E-state index is -0.833. The molecular formula is C11H13FN2OS. The summed E-state index contributed by atoms with van der Waals surface area (Å²) in [6, 6.07) is 6.26. The summed E-state index contributed by atoms with van der Waals surface area (Å²) < 4.78 is 24.1. The summed E-state index contributed by atoms with van der Waals surface area (Å²) in [5, 5.41) is 11.6. The van der Waals surface area contributed by atoms with E-state index >= 15 is 0 Å². The van der Waals surface area contributed by atoms with E-state index in [1.54, 1.807) is 18.4 Å². The van der Waals surface area contributed by atoms with E-state index in [9.17, 15) is 8.60 Å². The monoisotopic (exact) mass is 240 g/mol. The van der Waals surface area contributed by atoms with Crippen LogP contribution in [0.5, 0.6) is 0 Å². The molecule has 0 aliphatic heterocycles. The molecule has 1 aromatic rings. The molecule has 0 saturated carbocycles. The van der Waals surface area contributed by atoms with Gasteiger partial charge in [-0.3, -0.25) is 4.21 Å². The van der Waals surface area contributed by atoms with Crippen molar-refractivity contribution in [2.75, 3.05) is 18.6 Å². The number of rotatable bonds is 5. The van der Waals surface area contributed by atoms with Crippen molar-refractivity contribution in [3.05, 3.63) is 35.1 Å². The largest absolute Gasteiger partial charge is 0.312 e. The molecule has 0 aliphatic carbocycles. The van der Waals surface area contributed by atoms with Crippen molar-refractivity contribution < 1.29 is 8.60 Å². The van der Waals surface area contributed by atoms with Gasteiger partial charge in [0.25, 0.3) is 0 Å².